The summed E-state index contributed by atoms with van der Waals surface area (Å²) in [6.45, 7) is 6.05. The van der Waals surface area contributed by atoms with Crippen LogP contribution in [-0.4, -0.2) is 55.6 Å². The van der Waals surface area contributed by atoms with Crippen LogP contribution in [0, 0.1) is 5.92 Å². The van der Waals surface area contributed by atoms with Gasteiger partial charge in [-0.2, -0.15) is 0 Å². The Morgan fingerprint density at radius 1 is 1.47 bits per heavy atom. The standard InChI is InChI=1S/C13H25N3O3/c1-3-5-15-12(17)11-9-19-7-6-16(11)13(18)10(4-2)8-14/h10-11H,3-9,14H2,1-2H3,(H,15,17). The molecule has 0 aromatic heterocycles. The van der Waals surface area contributed by atoms with E-state index in [-0.39, 0.29) is 24.3 Å². The number of amides is 2. The van der Waals surface area contributed by atoms with E-state index in [9.17, 15) is 9.59 Å². The fraction of sp³-hybridized carbons (Fsp3) is 0.846. The first kappa shape index (κ1) is 15.9. The molecule has 1 fully saturated rings. The van der Waals surface area contributed by atoms with Crippen molar-refractivity contribution in [3.05, 3.63) is 0 Å². The van der Waals surface area contributed by atoms with Gasteiger partial charge in [-0.05, 0) is 12.8 Å². The third kappa shape index (κ3) is 4.18. The van der Waals surface area contributed by atoms with E-state index >= 15 is 0 Å². The summed E-state index contributed by atoms with van der Waals surface area (Å²) in [6.07, 6.45) is 1.56. The average molecular weight is 271 g/mol. The molecule has 2 unspecified atom stereocenters. The summed E-state index contributed by atoms with van der Waals surface area (Å²) >= 11 is 0. The minimum atomic E-state index is -0.520. The van der Waals surface area contributed by atoms with Gasteiger partial charge < -0.3 is 20.7 Å². The first-order valence-corrected chi connectivity index (χ1v) is 7.01. The molecule has 1 saturated heterocycles. The van der Waals surface area contributed by atoms with Crippen LogP contribution in [0.15, 0.2) is 0 Å². The lowest BCUT2D eigenvalue weighted by Gasteiger charge is -2.36. The van der Waals surface area contributed by atoms with Crippen LogP contribution in [0.5, 0.6) is 0 Å². The highest BCUT2D eigenvalue weighted by Crippen LogP contribution is 2.14. The predicted octanol–water partition coefficient (Wildman–Crippen LogP) is -0.275. The molecule has 0 saturated carbocycles. The molecule has 1 rings (SSSR count). The van der Waals surface area contributed by atoms with Gasteiger partial charge in [-0.1, -0.05) is 13.8 Å². The van der Waals surface area contributed by atoms with Crippen LogP contribution in [0.4, 0.5) is 0 Å². The van der Waals surface area contributed by atoms with Crippen molar-refractivity contribution in [3.8, 4) is 0 Å². The van der Waals surface area contributed by atoms with Gasteiger partial charge in [-0.15, -0.1) is 0 Å². The zero-order valence-electron chi connectivity index (χ0n) is 11.9. The number of nitrogens with zero attached hydrogens (tertiary/aromatic N) is 1. The molecule has 6 heteroatoms. The van der Waals surface area contributed by atoms with Crippen molar-refractivity contribution < 1.29 is 14.3 Å². The predicted molar refractivity (Wildman–Crippen MR) is 72.5 cm³/mol. The number of carbonyl (C=O) groups is 2. The van der Waals surface area contributed by atoms with E-state index in [1.165, 1.54) is 0 Å². The van der Waals surface area contributed by atoms with Crippen molar-refractivity contribution in [2.45, 2.75) is 32.7 Å². The molecular formula is C13H25N3O3. The molecule has 1 aliphatic rings. The third-order valence-corrected chi connectivity index (χ3v) is 3.39. The molecule has 0 aliphatic carbocycles. The summed E-state index contributed by atoms with van der Waals surface area (Å²) in [4.78, 5) is 26.0. The second kappa shape index (κ2) is 8.12. The number of nitrogens with one attached hydrogen (secondary N) is 1. The van der Waals surface area contributed by atoms with Gasteiger partial charge in [0.15, 0.2) is 0 Å². The normalized spacial score (nSPS) is 21.0. The minimum Gasteiger partial charge on any atom is -0.377 e. The molecule has 0 bridgehead atoms. The number of hydrogen-bond donors (Lipinski definition) is 2. The number of carbonyl (C=O) groups excluding carboxylic acids is 2. The topological polar surface area (TPSA) is 84.7 Å². The molecule has 1 heterocycles. The Hall–Kier alpha value is -1.14. The lowest BCUT2D eigenvalue weighted by atomic mass is 10.0. The van der Waals surface area contributed by atoms with Gasteiger partial charge in [-0.3, -0.25) is 9.59 Å². The van der Waals surface area contributed by atoms with Crippen LogP contribution in [0.25, 0.3) is 0 Å². The third-order valence-electron chi connectivity index (χ3n) is 3.39. The van der Waals surface area contributed by atoms with Crippen molar-refractivity contribution in [3.63, 3.8) is 0 Å². The fourth-order valence-electron chi connectivity index (χ4n) is 2.13. The van der Waals surface area contributed by atoms with Crippen molar-refractivity contribution in [2.24, 2.45) is 11.7 Å². The Kier molecular flexibility index (Phi) is 6.80. The van der Waals surface area contributed by atoms with E-state index in [2.05, 4.69) is 5.32 Å². The van der Waals surface area contributed by atoms with E-state index in [0.29, 0.717) is 32.7 Å². The van der Waals surface area contributed by atoms with Crippen LogP contribution in [-0.2, 0) is 14.3 Å². The van der Waals surface area contributed by atoms with Crippen LogP contribution in [0.1, 0.15) is 26.7 Å². The first-order valence-electron chi connectivity index (χ1n) is 7.01. The summed E-state index contributed by atoms with van der Waals surface area (Å²) in [7, 11) is 0. The lowest BCUT2D eigenvalue weighted by molar-refractivity contribution is -0.151. The Balaban J connectivity index is 2.71. The van der Waals surface area contributed by atoms with Gasteiger partial charge in [0, 0.05) is 19.6 Å². The monoisotopic (exact) mass is 271 g/mol. The number of ether oxygens (including phenoxy) is 1. The van der Waals surface area contributed by atoms with Crippen LogP contribution >= 0.6 is 0 Å². The number of morpholine rings is 1. The quantitative estimate of drug-likeness (QED) is 0.696. The van der Waals surface area contributed by atoms with E-state index in [1.54, 1.807) is 4.90 Å². The van der Waals surface area contributed by atoms with Crippen molar-refractivity contribution in [1.29, 1.82) is 0 Å². The zero-order chi connectivity index (χ0) is 14.3. The highest BCUT2D eigenvalue weighted by molar-refractivity contribution is 5.89. The van der Waals surface area contributed by atoms with Crippen molar-refractivity contribution >= 4 is 11.8 Å². The summed E-state index contributed by atoms with van der Waals surface area (Å²) in [6, 6.07) is -0.520. The Bertz CT molecular complexity index is 306. The highest BCUT2D eigenvalue weighted by Gasteiger charge is 2.34. The maximum absolute atomic E-state index is 12.4. The second-order valence-corrected chi connectivity index (χ2v) is 4.75. The van der Waals surface area contributed by atoms with Crippen LogP contribution in [0.2, 0.25) is 0 Å². The molecule has 6 nitrogen and oxygen atoms in total. The molecule has 110 valence electrons. The molecule has 0 aromatic carbocycles. The highest BCUT2D eigenvalue weighted by atomic mass is 16.5. The Morgan fingerprint density at radius 2 is 2.21 bits per heavy atom. The molecule has 0 radical (unpaired) electrons. The Morgan fingerprint density at radius 3 is 2.79 bits per heavy atom. The summed E-state index contributed by atoms with van der Waals surface area (Å²) in [5.41, 5.74) is 5.61. The van der Waals surface area contributed by atoms with E-state index < -0.39 is 6.04 Å². The van der Waals surface area contributed by atoms with Gasteiger partial charge in [0.2, 0.25) is 11.8 Å². The first-order chi connectivity index (χ1) is 9.15. The van der Waals surface area contributed by atoms with Crippen LogP contribution < -0.4 is 11.1 Å². The SMILES string of the molecule is CCCNC(=O)C1COCCN1C(=O)C(CC)CN. The van der Waals surface area contributed by atoms with Gasteiger partial charge in [-0.25, -0.2) is 0 Å². The van der Waals surface area contributed by atoms with E-state index in [0.717, 1.165) is 6.42 Å². The summed E-state index contributed by atoms with van der Waals surface area (Å²) < 4.78 is 5.32. The molecule has 19 heavy (non-hydrogen) atoms. The van der Waals surface area contributed by atoms with Crippen LogP contribution in [0.3, 0.4) is 0 Å². The largest absolute Gasteiger partial charge is 0.377 e. The maximum atomic E-state index is 12.4. The molecule has 3 N–H and O–H groups in total. The smallest absolute Gasteiger partial charge is 0.245 e. The molecule has 0 aromatic rings. The number of hydrogen-bond acceptors (Lipinski definition) is 4. The molecular weight excluding hydrogens is 246 g/mol. The second-order valence-electron chi connectivity index (χ2n) is 4.75. The zero-order valence-corrected chi connectivity index (χ0v) is 11.9. The lowest BCUT2D eigenvalue weighted by Crippen LogP contribution is -2.57. The molecule has 2 amide bonds. The molecule has 1 aliphatic heterocycles. The average Bonchev–Trinajstić information content (AvgIpc) is 2.45. The van der Waals surface area contributed by atoms with Gasteiger partial charge in [0.25, 0.3) is 0 Å². The molecule has 2 atom stereocenters. The summed E-state index contributed by atoms with van der Waals surface area (Å²) in [5, 5.41) is 2.82. The fourth-order valence-corrected chi connectivity index (χ4v) is 2.13. The van der Waals surface area contributed by atoms with E-state index in [4.69, 9.17) is 10.5 Å². The number of nitrogens with two attached hydrogens (primary N) is 1. The van der Waals surface area contributed by atoms with Crippen molar-refractivity contribution in [1.82, 2.24) is 10.2 Å². The van der Waals surface area contributed by atoms with Gasteiger partial charge in [0.05, 0.1) is 19.1 Å². The van der Waals surface area contributed by atoms with Gasteiger partial charge in [0.1, 0.15) is 6.04 Å². The van der Waals surface area contributed by atoms with Gasteiger partial charge >= 0.3 is 0 Å². The van der Waals surface area contributed by atoms with Crippen molar-refractivity contribution in [2.75, 3.05) is 32.8 Å². The number of rotatable bonds is 6. The minimum absolute atomic E-state index is 0.0371. The maximum Gasteiger partial charge on any atom is 0.245 e. The summed E-state index contributed by atoms with van der Waals surface area (Å²) in [5.74, 6) is -0.383. The molecule has 0 spiro atoms. The van der Waals surface area contributed by atoms with E-state index in [1.807, 2.05) is 13.8 Å². The Labute approximate surface area is 114 Å².